The van der Waals surface area contributed by atoms with Crippen molar-refractivity contribution < 1.29 is 9.90 Å². The van der Waals surface area contributed by atoms with Crippen LogP contribution < -0.4 is 15.5 Å². The van der Waals surface area contributed by atoms with Crippen molar-refractivity contribution in [2.24, 2.45) is 0 Å². The van der Waals surface area contributed by atoms with Gasteiger partial charge < -0.3 is 20.6 Å². The molecule has 0 radical (unpaired) electrons. The van der Waals surface area contributed by atoms with E-state index in [0.717, 1.165) is 28.1 Å². The van der Waals surface area contributed by atoms with Crippen LogP contribution in [0.1, 0.15) is 33.3 Å². The smallest absolute Gasteiger partial charge is 0.251 e. The van der Waals surface area contributed by atoms with Crippen molar-refractivity contribution in [3.63, 3.8) is 0 Å². The molecule has 0 fully saturated rings. The van der Waals surface area contributed by atoms with Gasteiger partial charge in [0.15, 0.2) is 6.23 Å². The third-order valence-electron chi connectivity index (χ3n) is 5.61. The lowest BCUT2D eigenvalue weighted by molar-refractivity contribution is 0.0951. The first-order chi connectivity index (χ1) is 16.2. The van der Waals surface area contributed by atoms with Gasteiger partial charge in [0.2, 0.25) is 0 Å². The van der Waals surface area contributed by atoms with Crippen molar-refractivity contribution in [3.8, 4) is 0 Å². The highest BCUT2D eigenvalue weighted by molar-refractivity contribution is 5.97. The lowest BCUT2D eigenvalue weighted by Gasteiger charge is -2.26. The highest BCUT2D eigenvalue weighted by atomic mass is 16.3. The minimum absolute atomic E-state index is 0.214. The van der Waals surface area contributed by atoms with Gasteiger partial charge in [0.1, 0.15) is 6.33 Å². The Hall–Kier alpha value is -4.23. The number of fused-ring (bicyclic) bond motifs is 2. The van der Waals surface area contributed by atoms with E-state index in [1.54, 1.807) is 24.5 Å². The molecule has 2 heterocycles. The van der Waals surface area contributed by atoms with Gasteiger partial charge in [-0.15, -0.1) is 0 Å². The van der Waals surface area contributed by atoms with Gasteiger partial charge in [0.05, 0.1) is 11.4 Å². The van der Waals surface area contributed by atoms with Gasteiger partial charge >= 0.3 is 0 Å². The number of amides is 1. The normalized spacial score (nSPS) is 14.5. The minimum Gasteiger partial charge on any atom is -0.369 e. The highest BCUT2D eigenvalue weighted by Gasteiger charge is 2.26. The fraction of sp³-hybridized carbons (Fsp3) is 0.115. The molecule has 5 rings (SSSR count). The molecule has 0 bridgehead atoms. The van der Waals surface area contributed by atoms with Gasteiger partial charge in [-0.2, -0.15) is 0 Å². The summed E-state index contributed by atoms with van der Waals surface area (Å²) in [5.74, 6) is -0.214. The summed E-state index contributed by atoms with van der Waals surface area (Å²) >= 11 is 0. The fourth-order valence-electron chi connectivity index (χ4n) is 3.99. The van der Waals surface area contributed by atoms with E-state index in [-0.39, 0.29) is 5.91 Å². The maximum Gasteiger partial charge on any atom is 0.251 e. The van der Waals surface area contributed by atoms with Crippen molar-refractivity contribution in [2.75, 3.05) is 10.2 Å². The lowest BCUT2D eigenvalue weighted by atomic mass is 10.1. The molecule has 1 unspecified atom stereocenters. The second-order valence-corrected chi connectivity index (χ2v) is 7.84. The van der Waals surface area contributed by atoms with Crippen LogP contribution in [0.3, 0.4) is 0 Å². The van der Waals surface area contributed by atoms with Gasteiger partial charge in [-0.1, -0.05) is 48.5 Å². The first kappa shape index (κ1) is 20.7. The zero-order chi connectivity index (χ0) is 22.6. The van der Waals surface area contributed by atoms with Gasteiger partial charge in [0.25, 0.3) is 5.91 Å². The zero-order valence-corrected chi connectivity index (χ0v) is 17.8. The van der Waals surface area contributed by atoms with Crippen LogP contribution in [0.25, 0.3) is 0 Å². The Morgan fingerprint density at radius 2 is 1.70 bits per heavy atom. The Morgan fingerprint density at radius 1 is 0.939 bits per heavy atom. The molecule has 7 heteroatoms. The molecule has 3 aromatic carbocycles. The molecule has 4 aromatic rings. The van der Waals surface area contributed by atoms with Crippen LogP contribution in [0, 0.1) is 0 Å². The predicted molar refractivity (Wildman–Crippen MR) is 127 cm³/mol. The Labute approximate surface area is 191 Å². The monoisotopic (exact) mass is 437 g/mol. The first-order valence-corrected chi connectivity index (χ1v) is 10.7. The van der Waals surface area contributed by atoms with Crippen molar-refractivity contribution >= 4 is 23.0 Å². The molecular weight excluding hydrogens is 414 g/mol. The van der Waals surface area contributed by atoms with Crippen LogP contribution in [0.2, 0.25) is 0 Å². The molecule has 0 saturated heterocycles. The quantitative estimate of drug-likeness (QED) is 0.434. The molecule has 1 aliphatic rings. The van der Waals surface area contributed by atoms with E-state index in [1.165, 1.54) is 6.33 Å². The predicted octanol–water partition coefficient (Wildman–Crippen LogP) is 4.16. The molecule has 3 N–H and O–H groups in total. The Kier molecular flexibility index (Phi) is 5.70. The number of aromatic nitrogens is 2. The van der Waals surface area contributed by atoms with Crippen LogP contribution in [-0.2, 0) is 13.1 Å². The van der Waals surface area contributed by atoms with Crippen LogP contribution in [0.5, 0.6) is 0 Å². The number of carbonyl (C=O) groups is 1. The van der Waals surface area contributed by atoms with Crippen LogP contribution >= 0.6 is 0 Å². The van der Waals surface area contributed by atoms with Crippen LogP contribution in [0.15, 0.2) is 91.5 Å². The number of aliphatic hydroxyl groups excluding tert-OH is 1. The van der Waals surface area contributed by atoms with Crippen LogP contribution in [-0.4, -0.2) is 21.0 Å². The molecule has 0 saturated carbocycles. The minimum atomic E-state index is -0.902. The van der Waals surface area contributed by atoms with Gasteiger partial charge in [-0.3, -0.25) is 4.79 Å². The molecule has 7 nitrogen and oxygen atoms in total. The fourth-order valence-corrected chi connectivity index (χ4v) is 3.99. The zero-order valence-electron chi connectivity index (χ0n) is 17.8. The molecule has 1 amide bonds. The molecule has 33 heavy (non-hydrogen) atoms. The molecule has 0 aliphatic carbocycles. The number of benzene rings is 3. The maximum absolute atomic E-state index is 12.8. The molecule has 164 valence electrons. The average molecular weight is 438 g/mol. The number of para-hydroxylation sites is 1. The average Bonchev–Trinajstić information content (AvgIpc) is 2.98. The van der Waals surface area contributed by atoms with E-state index in [4.69, 9.17) is 0 Å². The number of hydrogen-bond donors (Lipinski definition) is 3. The molecule has 1 aliphatic heterocycles. The van der Waals surface area contributed by atoms with E-state index < -0.39 is 6.23 Å². The summed E-state index contributed by atoms with van der Waals surface area (Å²) in [5, 5.41) is 17.0. The van der Waals surface area contributed by atoms with Crippen molar-refractivity contribution in [3.05, 3.63) is 114 Å². The highest BCUT2D eigenvalue weighted by Crippen LogP contribution is 2.42. The molecule has 0 spiro atoms. The van der Waals surface area contributed by atoms with Crippen LogP contribution in [0.4, 0.5) is 17.1 Å². The van der Waals surface area contributed by atoms with Crippen molar-refractivity contribution in [1.29, 1.82) is 0 Å². The third-order valence-corrected chi connectivity index (χ3v) is 5.61. The summed E-state index contributed by atoms with van der Waals surface area (Å²) in [6, 6.07) is 23.4. The van der Waals surface area contributed by atoms with E-state index in [2.05, 4.69) is 37.6 Å². The summed E-state index contributed by atoms with van der Waals surface area (Å²) in [5.41, 5.74) is 5.72. The number of rotatable bonds is 5. The third kappa shape index (κ3) is 4.40. The largest absolute Gasteiger partial charge is 0.369 e. The van der Waals surface area contributed by atoms with Gasteiger partial charge in [-0.25, -0.2) is 9.97 Å². The number of hydrogen-bond acceptors (Lipinski definition) is 6. The Morgan fingerprint density at radius 3 is 2.52 bits per heavy atom. The lowest BCUT2D eigenvalue weighted by Crippen LogP contribution is -2.23. The molecular formula is C26H23N5O2. The Balaban J connectivity index is 1.48. The number of carbonyl (C=O) groups excluding carboxylic acids is 1. The number of aliphatic hydroxyl groups is 1. The number of nitrogens with zero attached hydrogens (tertiary/aromatic N) is 3. The molecule has 1 atom stereocenters. The SMILES string of the molecule is O=C(NCc1cncnc1)c1ccc2c(c1)NC(O)c1ccccc1N2Cc1ccccc1. The summed E-state index contributed by atoms with van der Waals surface area (Å²) < 4.78 is 0. The van der Waals surface area contributed by atoms with Crippen molar-refractivity contribution in [1.82, 2.24) is 15.3 Å². The van der Waals surface area contributed by atoms with E-state index in [9.17, 15) is 9.90 Å². The summed E-state index contributed by atoms with van der Waals surface area (Å²) in [6.07, 6.45) is 3.89. The van der Waals surface area contributed by atoms with Crippen molar-refractivity contribution in [2.45, 2.75) is 19.3 Å². The second-order valence-electron chi connectivity index (χ2n) is 7.84. The Bertz CT molecular complexity index is 1260. The second kappa shape index (κ2) is 9.10. The number of anilines is 3. The number of nitrogens with one attached hydrogen (secondary N) is 2. The van der Waals surface area contributed by atoms with Gasteiger partial charge in [-0.05, 0) is 29.8 Å². The molecule has 1 aromatic heterocycles. The van der Waals surface area contributed by atoms with Gasteiger partial charge in [0, 0.05) is 47.9 Å². The van der Waals surface area contributed by atoms with E-state index >= 15 is 0 Å². The van der Waals surface area contributed by atoms with E-state index in [0.29, 0.717) is 24.3 Å². The first-order valence-electron chi connectivity index (χ1n) is 10.7. The summed E-state index contributed by atoms with van der Waals surface area (Å²) in [7, 11) is 0. The summed E-state index contributed by atoms with van der Waals surface area (Å²) in [6.45, 7) is 0.956. The van der Waals surface area contributed by atoms with E-state index in [1.807, 2.05) is 48.5 Å². The maximum atomic E-state index is 12.8. The summed E-state index contributed by atoms with van der Waals surface area (Å²) in [4.78, 5) is 22.9. The topological polar surface area (TPSA) is 90.4 Å². The standard InChI is InChI=1S/C26H23N5O2/c32-25(29-15-19-13-27-17-28-14-19)20-10-11-24-22(12-20)30-26(33)21-8-4-5-9-23(21)31(24)16-18-6-2-1-3-7-18/h1-14,17,26,30,33H,15-16H2,(H,29,32).